The van der Waals surface area contributed by atoms with Gasteiger partial charge in [0.1, 0.15) is 11.6 Å². The third-order valence-electron chi connectivity index (χ3n) is 7.87. The first kappa shape index (κ1) is 25.7. The summed E-state index contributed by atoms with van der Waals surface area (Å²) in [5, 5.41) is 19.6. The van der Waals surface area contributed by atoms with Crippen LogP contribution >= 0.6 is 11.6 Å². The minimum absolute atomic E-state index is 0.0460. The summed E-state index contributed by atoms with van der Waals surface area (Å²) in [5.74, 6) is -3.72. The van der Waals surface area contributed by atoms with Crippen molar-refractivity contribution >= 4 is 35.1 Å². The van der Waals surface area contributed by atoms with E-state index in [1.54, 1.807) is 25.1 Å². The van der Waals surface area contributed by atoms with Crippen molar-refractivity contribution in [3.05, 3.63) is 41.4 Å². The van der Waals surface area contributed by atoms with E-state index >= 15 is 0 Å². The molecule has 9 heteroatoms. The van der Waals surface area contributed by atoms with E-state index in [1.165, 1.54) is 9.80 Å². The maximum absolute atomic E-state index is 14.3. The molecule has 0 radical (unpaired) electrons. The number of carbonyl (C=O) groups is 3. The molecule has 2 bridgehead atoms. The van der Waals surface area contributed by atoms with E-state index in [9.17, 15) is 19.5 Å². The van der Waals surface area contributed by atoms with E-state index in [2.05, 4.69) is 6.58 Å². The zero-order chi connectivity index (χ0) is 25.5. The van der Waals surface area contributed by atoms with Crippen molar-refractivity contribution in [1.29, 1.82) is 0 Å². The number of aliphatic hydroxyl groups is 1. The highest BCUT2D eigenvalue weighted by Crippen LogP contribution is 2.63. The van der Waals surface area contributed by atoms with Crippen LogP contribution in [0.15, 0.2) is 30.9 Å². The number of aryl methyl sites for hydroxylation is 1. The number of rotatable bonds is 10. The number of anilines is 1. The summed E-state index contributed by atoms with van der Waals surface area (Å²) >= 11 is 6.53. The average molecular weight is 505 g/mol. The highest BCUT2D eigenvalue weighted by Gasteiger charge is 2.78. The summed E-state index contributed by atoms with van der Waals surface area (Å²) in [6.45, 7) is 7.90. The predicted octanol–water partition coefficient (Wildman–Crippen LogP) is 3.18. The van der Waals surface area contributed by atoms with Gasteiger partial charge in [-0.15, -0.1) is 6.58 Å². The van der Waals surface area contributed by atoms with Crippen molar-refractivity contribution in [3.8, 4) is 0 Å². The molecule has 1 aromatic carbocycles. The Labute approximate surface area is 210 Å². The normalized spacial score (nSPS) is 31.0. The number of unbranched alkanes of at least 4 members (excludes halogenated alkanes) is 2. The number of aliphatic carboxylic acids is 1. The van der Waals surface area contributed by atoms with Crippen LogP contribution in [0.3, 0.4) is 0 Å². The molecule has 3 fully saturated rings. The van der Waals surface area contributed by atoms with Crippen LogP contribution in [-0.4, -0.2) is 69.8 Å². The fourth-order valence-corrected chi connectivity index (χ4v) is 6.75. The topological polar surface area (TPSA) is 107 Å². The third-order valence-corrected chi connectivity index (χ3v) is 8.17. The number of fused-ring (bicyclic) bond motifs is 1. The Balaban J connectivity index is 1.79. The first-order valence-corrected chi connectivity index (χ1v) is 12.5. The van der Waals surface area contributed by atoms with Crippen LogP contribution in [0.25, 0.3) is 0 Å². The lowest BCUT2D eigenvalue weighted by molar-refractivity contribution is -0.154. The smallest absolute Gasteiger partial charge is 0.310 e. The van der Waals surface area contributed by atoms with Gasteiger partial charge < -0.3 is 24.7 Å². The number of carboxylic acid groups (broad SMARTS) is 1. The molecule has 1 aromatic rings. The number of halogens is 1. The summed E-state index contributed by atoms with van der Waals surface area (Å²) < 4.78 is 6.44. The lowest BCUT2D eigenvalue weighted by Gasteiger charge is -2.37. The Morgan fingerprint density at radius 2 is 2.06 bits per heavy atom. The molecule has 35 heavy (non-hydrogen) atoms. The van der Waals surface area contributed by atoms with Gasteiger partial charge in [0.2, 0.25) is 5.91 Å². The fraction of sp³-hybridized carbons (Fsp3) is 0.577. The van der Waals surface area contributed by atoms with Crippen LogP contribution < -0.4 is 4.90 Å². The van der Waals surface area contributed by atoms with Crippen molar-refractivity contribution in [3.63, 3.8) is 0 Å². The predicted molar refractivity (Wildman–Crippen MR) is 131 cm³/mol. The molecule has 190 valence electrons. The standard InChI is InChI=1S/C26H33ClN2O6/c1-4-13-28(20-16(2)9-8-10-17(20)27)23(32)21-26-12-11-25(3,35-26)19(24(33)34)18(26)22(31)29(21)14-6-5-7-15-30/h4,8-10,18-19,21,30H,1,5-7,11-15H2,2-3H3,(H,33,34)/t18-,19-,21?,25+,26?/m0/s1. The molecule has 2 N–H and O–H groups in total. The average Bonchev–Trinajstić information content (AvgIpc) is 3.36. The minimum atomic E-state index is -1.21. The highest BCUT2D eigenvalue weighted by atomic mass is 35.5. The summed E-state index contributed by atoms with van der Waals surface area (Å²) in [4.78, 5) is 43.5. The second-order valence-corrected chi connectivity index (χ2v) is 10.4. The maximum Gasteiger partial charge on any atom is 0.310 e. The molecule has 4 rings (SSSR count). The number of aliphatic hydroxyl groups excluding tert-OH is 1. The molecule has 3 aliphatic heterocycles. The number of hydrogen-bond acceptors (Lipinski definition) is 5. The van der Waals surface area contributed by atoms with Crippen LogP contribution in [-0.2, 0) is 19.1 Å². The van der Waals surface area contributed by atoms with Crippen molar-refractivity contribution in [2.24, 2.45) is 11.8 Å². The first-order chi connectivity index (χ1) is 16.6. The van der Waals surface area contributed by atoms with Gasteiger partial charge in [-0.2, -0.15) is 0 Å². The van der Waals surface area contributed by atoms with Crippen LogP contribution in [0.5, 0.6) is 0 Å². The molecule has 0 saturated carbocycles. The molecule has 3 aliphatic rings. The number of amides is 2. The van der Waals surface area contributed by atoms with E-state index in [0.717, 1.165) is 5.56 Å². The maximum atomic E-state index is 14.3. The van der Waals surface area contributed by atoms with Crippen molar-refractivity contribution in [2.75, 3.05) is 24.6 Å². The third kappa shape index (κ3) is 3.96. The molecule has 2 amide bonds. The van der Waals surface area contributed by atoms with E-state index in [4.69, 9.17) is 21.4 Å². The second kappa shape index (κ2) is 9.56. The number of nitrogens with zero attached hydrogens (tertiary/aromatic N) is 2. The molecule has 8 nitrogen and oxygen atoms in total. The molecule has 1 spiro atoms. The van der Waals surface area contributed by atoms with Gasteiger partial charge in [-0.3, -0.25) is 14.4 Å². The Bertz CT molecular complexity index is 1030. The van der Waals surface area contributed by atoms with Gasteiger partial charge in [0.25, 0.3) is 5.91 Å². The Morgan fingerprint density at radius 1 is 1.31 bits per heavy atom. The van der Waals surface area contributed by atoms with Crippen molar-refractivity contribution in [1.82, 2.24) is 4.90 Å². The second-order valence-electron chi connectivity index (χ2n) is 10.0. The fourth-order valence-electron chi connectivity index (χ4n) is 6.43. The van der Waals surface area contributed by atoms with Crippen molar-refractivity contribution in [2.45, 2.75) is 63.2 Å². The van der Waals surface area contributed by atoms with E-state index < -0.39 is 35.0 Å². The summed E-state index contributed by atoms with van der Waals surface area (Å²) in [5.41, 5.74) is -0.873. The molecule has 5 atom stereocenters. The molecular weight excluding hydrogens is 472 g/mol. The highest BCUT2D eigenvalue weighted by molar-refractivity contribution is 6.34. The Hall–Kier alpha value is -2.42. The Kier molecular flexibility index (Phi) is 7.01. The van der Waals surface area contributed by atoms with Gasteiger partial charge in [-0.25, -0.2) is 0 Å². The number of benzene rings is 1. The molecule has 0 aliphatic carbocycles. The zero-order valence-corrected chi connectivity index (χ0v) is 21.0. The lowest BCUT2D eigenvalue weighted by atomic mass is 9.66. The SMILES string of the molecule is C=CCN(C(=O)C1N(CCCCCO)C(=O)[C@@H]2[C@@H](C(=O)O)[C@@]3(C)CCC12O3)c1c(C)cccc1Cl. The number of carboxylic acids is 1. The summed E-state index contributed by atoms with van der Waals surface area (Å²) in [7, 11) is 0. The number of hydrogen-bond donors (Lipinski definition) is 2. The van der Waals surface area contributed by atoms with E-state index in [0.29, 0.717) is 42.8 Å². The van der Waals surface area contributed by atoms with Crippen LogP contribution in [0.1, 0.15) is 44.6 Å². The summed E-state index contributed by atoms with van der Waals surface area (Å²) in [6.07, 6.45) is 4.34. The van der Waals surface area contributed by atoms with Gasteiger partial charge in [0.05, 0.1) is 28.1 Å². The molecular formula is C26H33ClN2O6. The van der Waals surface area contributed by atoms with Crippen molar-refractivity contribution < 1.29 is 29.3 Å². The molecule has 3 saturated heterocycles. The Morgan fingerprint density at radius 3 is 2.69 bits per heavy atom. The van der Waals surface area contributed by atoms with E-state index in [1.807, 2.05) is 13.0 Å². The van der Waals surface area contributed by atoms with Gasteiger partial charge in [0, 0.05) is 19.7 Å². The largest absolute Gasteiger partial charge is 0.481 e. The first-order valence-electron chi connectivity index (χ1n) is 12.1. The van der Waals surface area contributed by atoms with Crippen LogP contribution in [0.2, 0.25) is 5.02 Å². The van der Waals surface area contributed by atoms with Crippen LogP contribution in [0, 0.1) is 18.8 Å². The number of likely N-dealkylation sites (tertiary alicyclic amines) is 1. The quantitative estimate of drug-likeness (QED) is 0.374. The monoisotopic (exact) mass is 504 g/mol. The minimum Gasteiger partial charge on any atom is -0.481 e. The number of ether oxygens (including phenoxy) is 1. The zero-order valence-electron chi connectivity index (χ0n) is 20.2. The van der Waals surface area contributed by atoms with Gasteiger partial charge in [0.15, 0.2) is 0 Å². The number of para-hydroxylation sites is 1. The van der Waals surface area contributed by atoms with E-state index in [-0.39, 0.29) is 31.5 Å². The van der Waals surface area contributed by atoms with Gasteiger partial charge in [-0.1, -0.05) is 29.8 Å². The lowest BCUT2D eigenvalue weighted by Crippen LogP contribution is -2.56. The molecule has 3 heterocycles. The van der Waals surface area contributed by atoms with Gasteiger partial charge in [-0.05, 0) is 57.6 Å². The van der Waals surface area contributed by atoms with Crippen LogP contribution in [0.4, 0.5) is 5.69 Å². The van der Waals surface area contributed by atoms with Gasteiger partial charge >= 0.3 is 5.97 Å². The number of carbonyl (C=O) groups excluding carboxylic acids is 2. The summed E-state index contributed by atoms with van der Waals surface area (Å²) in [6, 6.07) is 4.40. The molecule has 0 aromatic heterocycles. The molecule has 2 unspecified atom stereocenters.